The van der Waals surface area contributed by atoms with Crippen LogP contribution in [0.3, 0.4) is 0 Å². The van der Waals surface area contributed by atoms with Crippen LogP contribution in [0.25, 0.3) is 0 Å². The van der Waals surface area contributed by atoms with E-state index >= 15 is 0 Å². The van der Waals surface area contributed by atoms with Crippen LogP contribution in [0.15, 0.2) is 24.3 Å². The molecule has 88 valence electrons. The third kappa shape index (κ3) is 3.31. The molecule has 0 spiro atoms. The molecule has 16 heavy (non-hydrogen) atoms. The van der Waals surface area contributed by atoms with Gasteiger partial charge >= 0.3 is 0 Å². The number of hydrogen-bond donors (Lipinski definition) is 1. The maximum Gasteiger partial charge on any atom is 0.0934 e. The van der Waals surface area contributed by atoms with Gasteiger partial charge in [-0.1, -0.05) is 24.3 Å². The lowest BCUT2D eigenvalue weighted by molar-refractivity contribution is 0.376. The number of aryl methyl sites for hydroxylation is 1. The lowest BCUT2D eigenvalue weighted by Gasteiger charge is -2.22. The van der Waals surface area contributed by atoms with Crippen molar-refractivity contribution >= 4 is 0 Å². The van der Waals surface area contributed by atoms with Crippen LogP contribution in [0.2, 0.25) is 0 Å². The summed E-state index contributed by atoms with van der Waals surface area (Å²) < 4.78 is 12.1. The van der Waals surface area contributed by atoms with Gasteiger partial charge in [-0.3, -0.25) is 4.39 Å². The van der Waals surface area contributed by atoms with Crippen molar-refractivity contribution in [3.05, 3.63) is 35.4 Å². The van der Waals surface area contributed by atoms with Crippen molar-refractivity contribution in [3.63, 3.8) is 0 Å². The molecular weight excluding hydrogens is 201 g/mol. The molecule has 0 bridgehead atoms. The molecule has 2 heteroatoms. The third-order valence-corrected chi connectivity index (χ3v) is 3.33. The average Bonchev–Trinajstić information content (AvgIpc) is 2.33. The standard InChI is InChI=1S/C14H20FN/c15-8-7-12-3-5-13(6-4-12)10-14-2-1-9-16-11-14/h3-6,14,16H,1-2,7-11H2. The monoisotopic (exact) mass is 221 g/mol. The van der Waals surface area contributed by atoms with Gasteiger partial charge in [0.05, 0.1) is 6.67 Å². The predicted octanol–water partition coefficient (Wildman–Crippen LogP) is 2.74. The van der Waals surface area contributed by atoms with Crippen LogP contribution < -0.4 is 5.32 Å². The second kappa shape index (κ2) is 6.00. The second-order valence-electron chi connectivity index (χ2n) is 4.67. The molecule has 1 aliphatic heterocycles. The van der Waals surface area contributed by atoms with E-state index in [1.54, 1.807) is 0 Å². The maximum absolute atomic E-state index is 12.1. The van der Waals surface area contributed by atoms with Crippen molar-refractivity contribution in [1.29, 1.82) is 0 Å². The van der Waals surface area contributed by atoms with E-state index < -0.39 is 0 Å². The molecule has 1 aliphatic rings. The van der Waals surface area contributed by atoms with Gasteiger partial charge in [0.2, 0.25) is 0 Å². The lowest BCUT2D eigenvalue weighted by atomic mass is 9.92. The van der Waals surface area contributed by atoms with E-state index in [9.17, 15) is 4.39 Å². The minimum absolute atomic E-state index is 0.258. The van der Waals surface area contributed by atoms with Crippen LogP contribution >= 0.6 is 0 Å². The topological polar surface area (TPSA) is 12.0 Å². The molecule has 1 aromatic carbocycles. The molecule has 0 aromatic heterocycles. The number of halogens is 1. The van der Waals surface area contributed by atoms with E-state index in [1.165, 1.54) is 24.9 Å². The summed E-state index contributed by atoms with van der Waals surface area (Å²) in [6.07, 6.45) is 4.33. The van der Waals surface area contributed by atoms with Gasteiger partial charge in [-0.2, -0.15) is 0 Å². The number of hydrogen-bond acceptors (Lipinski definition) is 1. The maximum atomic E-state index is 12.1. The zero-order chi connectivity index (χ0) is 11.2. The second-order valence-corrected chi connectivity index (χ2v) is 4.67. The van der Waals surface area contributed by atoms with E-state index in [1.807, 2.05) is 0 Å². The summed E-state index contributed by atoms with van der Waals surface area (Å²) in [4.78, 5) is 0. The van der Waals surface area contributed by atoms with E-state index in [2.05, 4.69) is 29.6 Å². The van der Waals surface area contributed by atoms with Crippen LogP contribution in [-0.4, -0.2) is 19.8 Å². The Bertz CT molecular complexity index is 301. The number of nitrogens with one attached hydrogen (secondary N) is 1. The summed E-state index contributed by atoms with van der Waals surface area (Å²) in [5.74, 6) is 0.778. The van der Waals surface area contributed by atoms with Crippen molar-refractivity contribution in [3.8, 4) is 0 Å². The van der Waals surface area contributed by atoms with Crippen LogP contribution in [-0.2, 0) is 12.8 Å². The molecule has 2 rings (SSSR count). The first-order valence-electron chi connectivity index (χ1n) is 6.23. The molecule has 1 saturated heterocycles. The van der Waals surface area contributed by atoms with E-state index in [0.717, 1.165) is 24.4 Å². The van der Waals surface area contributed by atoms with Crippen LogP contribution in [0.5, 0.6) is 0 Å². The molecule has 1 heterocycles. The Morgan fingerprint density at radius 1 is 1.19 bits per heavy atom. The van der Waals surface area contributed by atoms with Crippen molar-refractivity contribution in [1.82, 2.24) is 5.32 Å². The van der Waals surface area contributed by atoms with Gasteiger partial charge in [0, 0.05) is 6.42 Å². The van der Waals surface area contributed by atoms with Crippen molar-refractivity contribution < 1.29 is 4.39 Å². The largest absolute Gasteiger partial charge is 0.316 e. The highest BCUT2D eigenvalue weighted by molar-refractivity contribution is 5.23. The summed E-state index contributed by atoms with van der Waals surface area (Å²) in [5.41, 5.74) is 2.49. The Morgan fingerprint density at radius 3 is 2.56 bits per heavy atom. The molecular formula is C14H20FN. The minimum atomic E-state index is -0.258. The lowest BCUT2D eigenvalue weighted by Crippen LogP contribution is -2.30. The van der Waals surface area contributed by atoms with E-state index in [4.69, 9.17) is 0 Å². The summed E-state index contributed by atoms with van der Waals surface area (Å²) in [5, 5.41) is 3.44. The Morgan fingerprint density at radius 2 is 1.94 bits per heavy atom. The van der Waals surface area contributed by atoms with Gasteiger partial charge < -0.3 is 5.32 Å². The molecule has 1 fully saturated rings. The minimum Gasteiger partial charge on any atom is -0.316 e. The molecule has 1 nitrogen and oxygen atoms in total. The SMILES string of the molecule is FCCc1ccc(CC2CCCNC2)cc1. The van der Waals surface area contributed by atoms with Gasteiger partial charge in [-0.15, -0.1) is 0 Å². The van der Waals surface area contributed by atoms with Crippen molar-refractivity contribution in [2.24, 2.45) is 5.92 Å². The van der Waals surface area contributed by atoms with E-state index in [0.29, 0.717) is 6.42 Å². The molecule has 0 saturated carbocycles. The normalized spacial score (nSPS) is 20.9. The number of benzene rings is 1. The van der Waals surface area contributed by atoms with Gasteiger partial charge in [-0.25, -0.2) is 0 Å². The van der Waals surface area contributed by atoms with Crippen LogP contribution in [0, 0.1) is 5.92 Å². The number of alkyl halides is 1. The van der Waals surface area contributed by atoms with Crippen molar-refractivity contribution in [2.75, 3.05) is 19.8 Å². The highest BCUT2D eigenvalue weighted by atomic mass is 19.1. The first-order chi connectivity index (χ1) is 7.88. The third-order valence-electron chi connectivity index (χ3n) is 3.33. The zero-order valence-electron chi connectivity index (χ0n) is 9.71. The highest BCUT2D eigenvalue weighted by Crippen LogP contribution is 2.16. The fraction of sp³-hybridized carbons (Fsp3) is 0.571. The molecule has 0 aliphatic carbocycles. The van der Waals surface area contributed by atoms with Crippen LogP contribution in [0.4, 0.5) is 4.39 Å². The Balaban J connectivity index is 1.88. The molecule has 1 atom stereocenters. The van der Waals surface area contributed by atoms with Gasteiger partial charge in [-0.05, 0) is 49.4 Å². The van der Waals surface area contributed by atoms with Gasteiger partial charge in [0.25, 0.3) is 0 Å². The first kappa shape index (κ1) is 11.6. The number of piperidine rings is 1. The Hall–Kier alpha value is -0.890. The average molecular weight is 221 g/mol. The summed E-state index contributed by atoms with van der Waals surface area (Å²) >= 11 is 0. The van der Waals surface area contributed by atoms with Crippen LogP contribution in [0.1, 0.15) is 24.0 Å². The smallest absolute Gasteiger partial charge is 0.0934 e. The summed E-state index contributed by atoms with van der Waals surface area (Å²) in [6.45, 7) is 2.06. The fourth-order valence-electron chi connectivity index (χ4n) is 2.38. The summed E-state index contributed by atoms with van der Waals surface area (Å²) in [6, 6.07) is 8.43. The van der Waals surface area contributed by atoms with Gasteiger partial charge in [0.15, 0.2) is 0 Å². The zero-order valence-corrected chi connectivity index (χ0v) is 9.71. The fourth-order valence-corrected chi connectivity index (χ4v) is 2.38. The quantitative estimate of drug-likeness (QED) is 0.824. The highest BCUT2D eigenvalue weighted by Gasteiger charge is 2.13. The Kier molecular flexibility index (Phi) is 4.34. The Labute approximate surface area is 97.1 Å². The molecule has 1 unspecified atom stereocenters. The first-order valence-corrected chi connectivity index (χ1v) is 6.23. The van der Waals surface area contributed by atoms with Crippen molar-refractivity contribution in [2.45, 2.75) is 25.7 Å². The van der Waals surface area contributed by atoms with Gasteiger partial charge in [0.1, 0.15) is 0 Å². The molecule has 1 N–H and O–H groups in total. The molecule has 1 aromatic rings. The molecule has 0 amide bonds. The summed E-state index contributed by atoms with van der Waals surface area (Å²) in [7, 11) is 0. The number of rotatable bonds is 4. The molecule has 0 radical (unpaired) electrons. The van der Waals surface area contributed by atoms with E-state index in [-0.39, 0.29) is 6.67 Å². The predicted molar refractivity (Wildman–Crippen MR) is 65.4 cm³/mol.